The van der Waals surface area contributed by atoms with Gasteiger partial charge in [0.05, 0.1) is 18.8 Å². The van der Waals surface area contributed by atoms with Crippen LogP contribution in [0.3, 0.4) is 0 Å². The van der Waals surface area contributed by atoms with Crippen molar-refractivity contribution in [2.45, 2.75) is 38.3 Å². The van der Waals surface area contributed by atoms with Crippen molar-refractivity contribution in [1.82, 2.24) is 9.97 Å². The summed E-state index contributed by atoms with van der Waals surface area (Å²) in [6.07, 6.45) is 3.97. The number of aromatic nitrogens is 2. The van der Waals surface area contributed by atoms with Crippen LogP contribution in [-0.4, -0.2) is 35.3 Å². The summed E-state index contributed by atoms with van der Waals surface area (Å²) in [7, 11) is 0. The number of aryl methyl sites for hydroxylation is 1. The number of morpholine rings is 1. The van der Waals surface area contributed by atoms with E-state index in [1.165, 1.54) is 19.3 Å². The molecule has 0 aromatic carbocycles. The Labute approximate surface area is 101 Å². The van der Waals surface area contributed by atoms with Gasteiger partial charge in [-0.25, -0.2) is 9.97 Å². The molecule has 1 aromatic heterocycles. The molecule has 2 atom stereocenters. The summed E-state index contributed by atoms with van der Waals surface area (Å²) in [4.78, 5) is 11.0. The van der Waals surface area contributed by atoms with E-state index in [1.54, 1.807) is 0 Å². The molecule has 1 aromatic rings. The van der Waals surface area contributed by atoms with E-state index in [1.807, 2.05) is 13.0 Å². The van der Waals surface area contributed by atoms with E-state index in [4.69, 9.17) is 10.5 Å². The minimum absolute atomic E-state index is 0.375. The fraction of sp³-hybridized carbons (Fsp3) is 0.667. The molecule has 2 unspecified atom stereocenters. The maximum Gasteiger partial charge on any atom is 0.134 e. The number of anilines is 2. The number of nitrogens with zero attached hydrogens (tertiary/aromatic N) is 3. The highest BCUT2D eigenvalue weighted by atomic mass is 16.5. The largest absolute Gasteiger partial charge is 0.384 e. The normalized spacial score (nSPS) is 28.2. The van der Waals surface area contributed by atoms with Crippen molar-refractivity contribution in [3.05, 3.63) is 11.9 Å². The summed E-state index contributed by atoms with van der Waals surface area (Å²) >= 11 is 0. The Morgan fingerprint density at radius 3 is 3.12 bits per heavy atom. The molecule has 1 aliphatic heterocycles. The first-order chi connectivity index (χ1) is 8.24. The average molecular weight is 234 g/mol. The van der Waals surface area contributed by atoms with Crippen LogP contribution in [0.4, 0.5) is 11.6 Å². The number of rotatable bonds is 1. The summed E-state index contributed by atoms with van der Waals surface area (Å²) in [6.45, 7) is 3.56. The third-order valence-electron chi connectivity index (χ3n) is 3.62. The summed E-state index contributed by atoms with van der Waals surface area (Å²) in [5.41, 5.74) is 5.79. The first-order valence-electron chi connectivity index (χ1n) is 6.23. The fourth-order valence-electron chi connectivity index (χ4n) is 2.93. The highest BCUT2D eigenvalue weighted by Gasteiger charge is 2.36. The van der Waals surface area contributed by atoms with E-state index in [9.17, 15) is 0 Å². The predicted octanol–water partition coefficient (Wildman–Crippen LogP) is 1.12. The first-order valence-corrected chi connectivity index (χ1v) is 6.23. The second-order valence-electron chi connectivity index (χ2n) is 4.80. The van der Waals surface area contributed by atoms with Crippen molar-refractivity contribution in [3.63, 3.8) is 0 Å². The van der Waals surface area contributed by atoms with Crippen LogP contribution in [0.15, 0.2) is 6.07 Å². The van der Waals surface area contributed by atoms with Crippen LogP contribution in [0.25, 0.3) is 0 Å². The maximum atomic E-state index is 5.80. The van der Waals surface area contributed by atoms with Gasteiger partial charge in [0.1, 0.15) is 17.5 Å². The molecule has 17 heavy (non-hydrogen) atoms. The van der Waals surface area contributed by atoms with Gasteiger partial charge in [-0.15, -0.1) is 0 Å². The van der Waals surface area contributed by atoms with E-state index in [0.29, 0.717) is 18.0 Å². The molecule has 0 amide bonds. The zero-order chi connectivity index (χ0) is 11.8. The molecular formula is C12H18N4O. The number of ether oxygens (including phenoxy) is 1. The van der Waals surface area contributed by atoms with Gasteiger partial charge in [-0.1, -0.05) is 0 Å². The summed E-state index contributed by atoms with van der Waals surface area (Å²) in [5, 5.41) is 0. The van der Waals surface area contributed by atoms with E-state index in [2.05, 4.69) is 14.9 Å². The molecule has 1 saturated heterocycles. The molecule has 0 spiro atoms. The molecule has 2 fully saturated rings. The van der Waals surface area contributed by atoms with Gasteiger partial charge in [0.15, 0.2) is 0 Å². The van der Waals surface area contributed by atoms with E-state index in [0.717, 1.165) is 24.8 Å². The lowest BCUT2D eigenvalue weighted by Crippen LogP contribution is -2.49. The maximum absolute atomic E-state index is 5.80. The van der Waals surface area contributed by atoms with Crippen molar-refractivity contribution in [3.8, 4) is 0 Å². The molecule has 1 saturated carbocycles. The number of nitrogens with two attached hydrogens (primary N) is 1. The summed E-state index contributed by atoms with van der Waals surface area (Å²) in [5.74, 6) is 2.24. The van der Waals surface area contributed by atoms with E-state index >= 15 is 0 Å². The Kier molecular flexibility index (Phi) is 2.63. The smallest absolute Gasteiger partial charge is 0.134 e. The Morgan fingerprint density at radius 1 is 1.41 bits per heavy atom. The Bertz CT molecular complexity index is 403. The van der Waals surface area contributed by atoms with Crippen LogP contribution < -0.4 is 10.6 Å². The van der Waals surface area contributed by atoms with Gasteiger partial charge >= 0.3 is 0 Å². The molecule has 0 bridgehead atoms. The molecule has 2 heterocycles. The van der Waals surface area contributed by atoms with Gasteiger partial charge in [0.25, 0.3) is 0 Å². The van der Waals surface area contributed by atoms with Crippen LogP contribution in [-0.2, 0) is 4.74 Å². The number of hydrogen-bond donors (Lipinski definition) is 1. The van der Waals surface area contributed by atoms with Gasteiger partial charge in [-0.05, 0) is 26.2 Å². The van der Waals surface area contributed by atoms with E-state index < -0.39 is 0 Å². The summed E-state index contributed by atoms with van der Waals surface area (Å²) < 4.78 is 5.80. The van der Waals surface area contributed by atoms with Gasteiger partial charge in [-0.2, -0.15) is 0 Å². The third kappa shape index (κ3) is 1.95. The highest BCUT2D eigenvalue weighted by Crippen LogP contribution is 2.32. The molecule has 5 nitrogen and oxygen atoms in total. The van der Waals surface area contributed by atoms with Crippen molar-refractivity contribution in [2.24, 2.45) is 0 Å². The van der Waals surface area contributed by atoms with Crippen LogP contribution in [0, 0.1) is 6.92 Å². The molecule has 92 valence electrons. The molecule has 0 radical (unpaired) electrons. The van der Waals surface area contributed by atoms with Crippen LogP contribution in [0.2, 0.25) is 0 Å². The van der Waals surface area contributed by atoms with Crippen molar-refractivity contribution >= 4 is 11.6 Å². The second kappa shape index (κ2) is 4.14. The Morgan fingerprint density at radius 2 is 2.29 bits per heavy atom. The Hall–Kier alpha value is -1.36. The minimum Gasteiger partial charge on any atom is -0.384 e. The van der Waals surface area contributed by atoms with E-state index in [-0.39, 0.29) is 0 Å². The fourth-order valence-corrected chi connectivity index (χ4v) is 2.93. The minimum atomic E-state index is 0.375. The molecule has 5 heteroatoms. The zero-order valence-electron chi connectivity index (χ0n) is 10.1. The quantitative estimate of drug-likeness (QED) is 0.789. The Balaban J connectivity index is 1.91. The lowest BCUT2D eigenvalue weighted by atomic mass is 10.1. The lowest BCUT2D eigenvalue weighted by Gasteiger charge is -2.38. The van der Waals surface area contributed by atoms with Crippen LogP contribution in [0.5, 0.6) is 0 Å². The van der Waals surface area contributed by atoms with Gasteiger partial charge in [-0.3, -0.25) is 0 Å². The number of fused-ring (bicyclic) bond motifs is 1. The number of hydrogen-bond acceptors (Lipinski definition) is 5. The first kappa shape index (κ1) is 10.8. The lowest BCUT2D eigenvalue weighted by molar-refractivity contribution is 0.0253. The second-order valence-corrected chi connectivity index (χ2v) is 4.80. The molecule has 1 aliphatic carbocycles. The van der Waals surface area contributed by atoms with Crippen molar-refractivity contribution in [2.75, 3.05) is 23.8 Å². The standard InChI is InChI=1S/C12H18N4O/c1-8-14-11(13)7-12(15-8)16-5-6-17-10-4-2-3-9(10)16/h7,9-10H,2-6H2,1H3,(H2,13,14,15). The van der Waals surface area contributed by atoms with Crippen LogP contribution in [0.1, 0.15) is 25.1 Å². The molecular weight excluding hydrogens is 216 g/mol. The SMILES string of the molecule is Cc1nc(N)cc(N2CCOC3CCCC32)n1. The van der Waals surface area contributed by atoms with Gasteiger partial charge in [0, 0.05) is 12.6 Å². The zero-order valence-corrected chi connectivity index (χ0v) is 10.1. The summed E-state index contributed by atoms with van der Waals surface area (Å²) in [6, 6.07) is 2.34. The number of nitrogen functional groups attached to an aromatic ring is 1. The topological polar surface area (TPSA) is 64.3 Å². The highest BCUT2D eigenvalue weighted by molar-refractivity contribution is 5.48. The third-order valence-corrected chi connectivity index (χ3v) is 3.62. The van der Waals surface area contributed by atoms with Gasteiger partial charge in [0.2, 0.25) is 0 Å². The molecule has 2 aliphatic rings. The monoisotopic (exact) mass is 234 g/mol. The predicted molar refractivity (Wildman–Crippen MR) is 65.9 cm³/mol. The average Bonchev–Trinajstić information content (AvgIpc) is 2.75. The van der Waals surface area contributed by atoms with Crippen molar-refractivity contribution < 1.29 is 4.74 Å². The van der Waals surface area contributed by atoms with Crippen molar-refractivity contribution in [1.29, 1.82) is 0 Å². The molecule has 3 rings (SSSR count). The van der Waals surface area contributed by atoms with Crippen LogP contribution >= 0.6 is 0 Å². The van der Waals surface area contributed by atoms with Gasteiger partial charge < -0.3 is 15.4 Å². The molecule has 2 N–H and O–H groups in total.